The predicted octanol–water partition coefficient (Wildman–Crippen LogP) is 3.39. The highest BCUT2D eigenvalue weighted by Crippen LogP contribution is 2.41. The summed E-state index contributed by atoms with van der Waals surface area (Å²) in [4.78, 5) is 29.6. The number of carbonyl (C=O) groups excluding carboxylic acids is 2. The fourth-order valence-electron chi connectivity index (χ4n) is 3.86. The predicted molar refractivity (Wildman–Crippen MR) is 123 cm³/mol. The minimum atomic E-state index is -0.736. The van der Waals surface area contributed by atoms with Crippen molar-refractivity contribution in [2.75, 3.05) is 40.9 Å². The number of aliphatic hydroxyl groups excluding tert-OH is 1. The smallest absolute Gasteiger partial charge is 0.295 e. The molecule has 0 saturated carbocycles. The van der Waals surface area contributed by atoms with Crippen LogP contribution in [-0.2, 0) is 9.59 Å². The van der Waals surface area contributed by atoms with Crippen LogP contribution in [-0.4, -0.2) is 67.5 Å². The molecule has 7 heteroatoms. The summed E-state index contributed by atoms with van der Waals surface area (Å²) in [5, 5.41) is 11.3. The van der Waals surface area contributed by atoms with Gasteiger partial charge >= 0.3 is 0 Å². The summed E-state index contributed by atoms with van der Waals surface area (Å²) in [6.45, 7) is 5.17. The summed E-state index contributed by atoms with van der Waals surface area (Å²) < 4.78 is 11.0. The molecule has 1 heterocycles. The first-order valence-corrected chi connectivity index (χ1v) is 10.6. The zero-order chi connectivity index (χ0) is 23.4. The highest BCUT2D eigenvalue weighted by atomic mass is 16.5. The zero-order valence-electron chi connectivity index (χ0n) is 19.2. The maximum atomic E-state index is 13.2. The highest BCUT2D eigenvalue weighted by molar-refractivity contribution is 6.46. The van der Waals surface area contributed by atoms with Crippen molar-refractivity contribution in [3.63, 3.8) is 0 Å². The van der Waals surface area contributed by atoms with Crippen LogP contribution in [0.2, 0.25) is 0 Å². The van der Waals surface area contributed by atoms with Crippen LogP contribution in [0.4, 0.5) is 0 Å². The van der Waals surface area contributed by atoms with Gasteiger partial charge in [-0.3, -0.25) is 9.59 Å². The third kappa shape index (κ3) is 4.62. The van der Waals surface area contributed by atoms with Gasteiger partial charge < -0.3 is 24.4 Å². The number of aliphatic hydroxyl groups is 1. The Labute approximate surface area is 188 Å². The SMILES string of the molecule is CCOc1cccc(C2/C(=C(\O)c3cc(C)ccc3OC)C(=O)C(=O)N2CCN(C)C)c1. The summed E-state index contributed by atoms with van der Waals surface area (Å²) >= 11 is 0. The number of rotatable bonds is 8. The van der Waals surface area contributed by atoms with Crippen LogP contribution in [0.15, 0.2) is 48.0 Å². The van der Waals surface area contributed by atoms with Gasteiger partial charge in [0.05, 0.1) is 30.9 Å². The van der Waals surface area contributed by atoms with E-state index in [1.807, 2.05) is 63.2 Å². The minimum absolute atomic E-state index is 0.0475. The largest absolute Gasteiger partial charge is 0.507 e. The molecule has 1 aliphatic heterocycles. The van der Waals surface area contributed by atoms with Gasteiger partial charge in [0.15, 0.2) is 0 Å². The van der Waals surface area contributed by atoms with Gasteiger partial charge in [-0.15, -0.1) is 0 Å². The monoisotopic (exact) mass is 438 g/mol. The van der Waals surface area contributed by atoms with Crippen LogP contribution in [0.5, 0.6) is 11.5 Å². The molecule has 2 aromatic carbocycles. The number of nitrogens with zero attached hydrogens (tertiary/aromatic N) is 2. The van der Waals surface area contributed by atoms with Crippen molar-refractivity contribution in [3.8, 4) is 11.5 Å². The van der Waals surface area contributed by atoms with Crippen molar-refractivity contribution < 1.29 is 24.2 Å². The van der Waals surface area contributed by atoms with E-state index in [0.29, 0.717) is 42.3 Å². The van der Waals surface area contributed by atoms with Gasteiger partial charge in [0.25, 0.3) is 11.7 Å². The number of likely N-dealkylation sites (N-methyl/N-ethyl adjacent to an activating group) is 1. The van der Waals surface area contributed by atoms with Crippen molar-refractivity contribution in [1.29, 1.82) is 0 Å². The Morgan fingerprint density at radius 3 is 2.56 bits per heavy atom. The molecule has 1 saturated heterocycles. The van der Waals surface area contributed by atoms with E-state index in [2.05, 4.69) is 0 Å². The van der Waals surface area contributed by atoms with Crippen LogP contribution in [0.1, 0.15) is 29.7 Å². The number of methoxy groups -OCH3 is 1. The lowest BCUT2D eigenvalue weighted by molar-refractivity contribution is -0.140. The van der Waals surface area contributed by atoms with Crippen LogP contribution >= 0.6 is 0 Å². The summed E-state index contributed by atoms with van der Waals surface area (Å²) in [5.74, 6) is -0.530. The molecule has 0 radical (unpaired) electrons. The second kappa shape index (κ2) is 9.87. The molecule has 1 aliphatic rings. The van der Waals surface area contributed by atoms with E-state index in [4.69, 9.17) is 9.47 Å². The number of Topliss-reactive ketones (excluding diaryl/α,β-unsaturated/α-hetero) is 1. The summed E-state index contributed by atoms with van der Waals surface area (Å²) in [6.07, 6.45) is 0. The molecule has 0 aliphatic carbocycles. The summed E-state index contributed by atoms with van der Waals surface area (Å²) in [5.41, 5.74) is 2.02. The lowest BCUT2D eigenvalue weighted by Crippen LogP contribution is -2.35. The van der Waals surface area contributed by atoms with Crippen LogP contribution < -0.4 is 9.47 Å². The van der Waals surface area contributed by atoms with E-state index < -0.39 is 17.7 Å². The molecular weight excluding hydrogens is 408 g/mol. The molecule has 1 fully saturated rings. The molecule has 7 nitrogen and oxygen atoms in total. The highest BCUT2D eigenvalue weighted by Gasteiger charge is 2.46. The molecular formula is C25H30N2O5. The Bertz CT molecular complexity index is 1040. The van der Waals surface area contributed by atoms with Gasteiger partial charge in [0.2, 0.25) is 0 Å². The van der Waals surface area contributed by atoms with E-state index in [1.54, 1.807) is 12.1 Å². The van der Waals surface area contributed by atoms with E-state index in [0.717, 1.165) is 5.56 Å². The molecule has 32 heavy (non-hydrogen) atoms. The summed E-state index contributed by atoms with van der Waals surface area (Å²) in [7, 11) is 5.30. The van der Waals surface area contributed by atoms with E-state index >= 15 is 0 Å². The maximum absolute atomic E-state index is 13.2. The fourth-order valence-corrected chi connectivity index (χ4v) is 3.86. The molecule has 1 N–H and O–H groups in total. The quantitative estimate of drug-likeness (QED) is 0.387. The standard InChI is InChI=1S/C25H30N2O5/c1-6-32-18-9-7-8-17(15-18)22-21(24(29)25(30)27(22)13-12-26(3)4)23(28)19-14-16(2)10-11-20(19)31-5/h7-11,14-15,22,28H,6,12-13H2,1-5H3/b23-21+. The Kier molecular flexibility index (Phi) is 7.20. The zero-order valence-corrected chi connectivity index (χ0v) is 19.2. The van der Waals surface area contributed by atoms with Crippen molar-refractivity contribution in [3.05, 3.63) is 64.7 Å². The van der Waals surface area contributed by atoms with E-state index in [9.17, 15) is 14.7 Å². The third-order valence-electron chi connectivity index (χ3n) is 5.42. The molecule has 0 bridgehead atoms. The number of likely N-dealkylation sites (tertiary alicyclic amines) is 1. The van der Waals surface area contributed by atoms with E-state index in [-0.39, 0.29) is 11.3 Å². The third-order valence-corrected chi connectivity index (χ3v) is 5.42. The molecule has 170 valence electrons. The number of hydrogen-bond acceptors (Lipinski definition) is 6. The first kappa shape index (κ1) is 23.3. The lowest BCUT2D eigenvalue weighted by Gasteiger charge is -2.27. The number of amides is 1. The molecule has 2 aromatic rings. The second-order valence-electron chi connectivity index (χ2n) is 8.01. The van der Waals surface area contributed by atoms with Gasteiger partial charge in [-0.25, -0.2) is 0 Å². The van der Waals surface area contributed by atoms with Gasteiger partial charge in [0, 0.05) is 13.1 Å². The van der Waals surface area contributed by atoms with Gasteiger partial charge in [-0.2, -0.15) is 0 Å². The Morgan fingerprint density at radius 2 is 1.91 bits per heavy atom. The minimum Gasteiger partial charge on any atom is -0.507 e. The van der Waals surface area contributed by atoms with Crippen LogP contribution in [0.25, 0.3) is 5.76 Å². The van der Waals surface area contributed by atoms with Gasteiger partial charge in [0.1, 0.15) is 17.3 Å². The van der Waals surface area contributed by atoms with Crippen LogP contribution in [0, 0.1) is 6.92 Å². The van der Waals surface area contributed by atoms with Crippen molar-refractivity contribution in [2.45, 2.75) is 19.9 Å². The molecule has 1 unspecified atom stereocenters. The Balaban J connectivity index is 2.21. The molecule has 0 spiro atoms. The normalized spacial score (nSPS) is 17.8. The number of ketones is 1. The molecule has 3 rings (SSSR count). The van der Waals surface area contributed by atoms with Gasteiger partial charge in [-0.1, -0.05) is 23.8 Å². The maximum Gasteiger partial charge on any atom is 0.295 e. The number of hydrogen-bond donors (Lipinski definition) is 1. The lowest BCUT2D eigenvalue weighted by atomic mass is 9.94. The Morgan fingerprint density at radius 1 is 1.16 bits per heavy atom. The first-order chi connectivity index (χ1) is 15.3. The first-order valence-electron chi connectivity index (χ1n) is 10.6. The summed E-state index contributed by atoms with van der Waals surface area (Å²) in [6, 6.07) is 11.9. The molecule has 1 atom stereocenters. The number of aryl methyl sites for hydroxylation is 1. The number of carbonyl (C=O) groups is 2. The Hall–Kier alpha value is -3.32. The molecule has 1 amide bonds. The molecule has 0 aromatic heterocycles. The van der Waals surface area contributed by atoms with Crippen molar-refractivity contribution >= 4 is 17.4 Å². The average molecular weight is 439 g/mol. The van der Waals surface area contributed by atoms with E-state index in [1.165, 1.54) is 12.0 Å². The number of ether oxygens (including phenoxy) is 2. The van der Waals surface area contributed by atoms with Gasteiger partial charge in [-0.05, 0) is 57.8 Å². The van der Waals surface area contributed by atoms with Crippen molar-refractivity contribution in [1.82, 2.24) is 9.80 Å². The number of benzene rings is 2. The topological polar surface area (TPSA) is 79.3 Å². The van der Waals surface area contributed by atoms with Crippen LogP contribution in [0.3, 0.4) is 0 Å². The fraction of sp³-hybridized carbons (Fsp3) is 0.360. The average Bonchev–Trinajstić information content (AvgIpc) is 3.02. The second-order valence-corrected chi connectivity index (χ2v) is 8.01. The van der Waals surface area contributed by atoms with Crippen molar-refractivity contribution in [2.24, 2.45) is 0 Å².